The van der Waals surface area contributed by atoms with Gasteiger partial charge in [0.25, 0.3) is 5.91 Å². The predicted molar refractivity (Wildman–Crippen MR) is 114 cm³/mol. The molecule has 0 aromatic heterocycles. The molecule has 0 saturated heterocycles. The molecule has 4 rings (SSSR count). The van der Waals surface area contributed by atoms with Crippen LogP contribution < -0.4 is 5.32 Å². The first-order valence-corrected chi connectivity index (χ1v) is 9.85. The summed E-state index contributed by atoms with van der Waals surface area (Å²) in [6, 6.07) is 17.5. The number of nitrogens with one attached hydrogen (secondary N) is 1. The Bertz CT molecular complexity index is 1080. The standard InChI is InChI=1S/C23H19F3N2OS/c24-23(25,26)18-8-5-15(6-9-18)20-3-1-2-4-21(20)22(29)27-19-10-7-17-14-28(30)12-11-16(17)13-19/h1-10,13,30H,11-12,14H2,(H,27,29). The summed E-state index contributed by atoms with van der Waals surface area (Å²) in [6.45, 7) is 1.59. The summed E-state index contributed by atoms with van der Waals surface area (Å²) >= 11 is 4.38. The van der Waals surface area contributed by atoms with E-state index in [2.05, 4.69) is 18.1 Å². The van der Waals surface area contributed by atoms with Gasteiger partial charge in [-0.3, -0.25) is 4.79 Å². The van der Waals surface area contributed by atoms with Crippen molar-refractivity contribution in [2.75, 3.05) is 11.9 Å². The average Bonchev–Trinajstić information content (AvgIpc) is 2.73. The van der Waals surface area contributed by atoms with E-state index in [0.29, 0.717) is 22.4 Å². The number of benzene rings is 3. The van der Waals surface area contributed by atoms with Crippen molar-refractivity contribution in [3.05, 3.63) is 89.0 Å². The molecule has 1 aliphatic rings. The lowest BCUT2D eigenvalue weighted by atomic mass is 9.97. The van der Waals surface area contributed by atoms with Gasteiger partial charge >= 0.3 is 6.18 Å². The first-order valence-electron chi connectivity index (χ1n) is 9.45. The third-order valence-corrected chi connectivity index (χ3v) is 5.49. The van der Waals surface area contributed by atoms with E-state index in [-0.39, 0.29) is 5.91 Å². The smallest absolute Gasteiger partial charge is 0.322 e. The molecule has 1 heterocycles. The van der Waals surface area contributed by atoms with Crippen LogP contribution in [0.2, 0.25) is 0 Å². The number of rotatable bonds is 3. The summed E-state index contributed by atoms with van der Waals surface area (Å²) in [4.78, 5) is 12.9. The molecule has 1 aliphatic heterocycles. The molecule has 0 saturated carbocycles. The molecule has 1 amide bonds. The Morgan fingerprint density at radius 1 is 0.967 bits per heavy atom. The normalized spacial score (nSPS) is 14.3. The first kappa shape index (κ1) is 20.5. The van der Waals surface area contributed by atoms with Crippen molar-refractivity contribution in [3.63, 3.8) is 0 Å². The molecular weight excluding hydrogens is 409 g/mol. The van der Waals surface area contributed by atoms with E-state index in [4.69, 9.17) is 0 Å². The van der Waals surface area contributed by atoms with Crippen LogP contribution in [0.15, 0.2) is 66.7 Å². The van der Waals surface area contributed by atoms with Crippen LogP contribution in [-0.4, -0.2) is 16.8 Å². The van der Waals surface area contributed by atoms with Crippen molar-refractivity contribution in [2.24, 2.45) is 0 Å². The van der Waals surface area contributed by atoms with Gasteiger partial charge < -0.3 is 5.32 Å². The number of hydrogen-bond donors (Lipinski definition) is 2. The molecule has 3 aromatic carbocycles. The second-order valence-electron chi connectivity index (χ2n) is 7.20. The second-order valence-corrected chi connectivity index (χ2v) is 7.76. The summed E-state index contributed by atoms with van der Waals surface area (Å²) in [6.07, 6.45) is -3.55. The Morgan fingerprint density at radius 3 is 2.43 bits per heavy atom. The van der Waals surface area contributed by atoms with E-state index in [1.54, 1.807) is 24.3 Å². The number of amides is 1. The van der Waals surface area contributed by atoms with Gasteiger partial charge in [-0.15, -0.1) is 0 Å². The van der Waals surface area contributed by atoms with Gasteiger partial charge in [0.2, 0.25) is 0 Å². The van der Waals surface area contributed by atoms with Crippen molar-refractivity contribution in [1.29, 1.82) is 0 Å². The molecule has 3 nitrogen and oxygen atoms in total. The van der Waals surface area contributed by atoms with Gasteiger partial charge in [0, 0.05) is 24.3 Å². The zero-order valence-corrected chi connectivity index (χ0v) is 16.8. The first-order chi connectivity index (χ1) is 14.3. The van der Waals surface area contributed by atoms with E-state index >= 15 is 0 Å². The maximum absolute atomic E-state index is 12.9. The third kappa shape index (κ3) is 4.37. The molecule has 0 bridgehead atoms. The largest absolute Gasteiger partial charge is 0.416 e. The van der Waals surface area contributed by atoms with E-state index in [1.165, 1.54) is 23.3 Å². The van der Waals surface area contributed by atoms with Crippen LogP contribution in [0, 0.1) is 0 Å². The van der Waals surface area contributed by atoms with Crippen LogP contribution >= 0.6 is 12.8 Å². The fourth-order valence-corrected chi connectivity index (χ4v) is 3.84. The minimum absolute atomic E-state index is 0.308. The number of carbonyl (C=O) groups is 1. The van der Waals surface area contributed by atoms with Crippen molar-refractivity contribution in [2.45, 2.75) is 19.1 Å². The van der Waals surface area contributed by atoms with E-state index in [0.717, 1.165) is 31.6 Å². The number of alkyl halides is 3. The lowest BCUT2D eigenvalue weighted by Gasteiger charge is -2.24. The summed E-state index contributed by atoms with van der Waals surface area (Å²) in [5, 5.41) is 2.91. The Labute approximate surface area is 178 Å². The molecule has 30 heavy (non-hydrogen) atoms. The Hall–Kier alpha value is -2.77. The second kappa shape index (κ2) is 8.16. The minimum atomic E-state index is -4.40. The van der Waals surface area contributed by atoms with Gasteiger partial charge in [-0.05, 0) is 59.0 Å². The molecule has 0 atom stereocenters. The van der Waals surface area contributed by atoms with Gasteiger partial charge in [0.15, 0.2) is 0 Å². The molecule has 0 spiro atoms. The van der Waals surface area contributed by atoms with Crippen LogP contribution in [0.3, 0.4) is 0 Å². The highest BCUT2D eigenvalue weighted by Gasteiger charge is 2.30. The summed E-state index contributed by atoms with van der Waals surface area (Å²) < 4.78 is 40.5. The SMILES string of the molecule is O=C(Nc1ccc2c(c1)CCN(S)C2)c1ccccc1-c1ccc(C(F)(F)F)cc1. The van der Waals surface area contributed by atoms with Crippen LogP contribution in [0.25, 0.3) is 11.1 Å². The van der Waals surface area contributed by atoms with Crippen molar-refractivity contribution in [1.82, 2.24) is 4.31 Å². The monoisotopic (exact) mass is 428 g/mol. The van der Waals surface area contributed by atoms with Crippen molar-refractivity contribution < 1.29 is 18.0 Å². The van der Waals surface area contributed by atoms with Crippen LogP contribution in [0.5, 0.6) is 0 Å². The van der Waals surface area contributed by atoms with Crippen LogP contribution in [0.1, 0.15) is 27.0 Å². The number of fused-ring (bicyclic) bond motifs is 1. The molecule has 1 N–H and O–H groups in total. The molecule has 3 aromatic rings. The fraction of sp³-hybridized carbons (Fsp3) is 0.174. The highest BCUT2D eigenvalue weighted by Crippen LogP contribution is 2.32. The molecule has 0 aliphatic carbocycles. The number of nitrogens with zero attached hydrogens (tertiary/aromatic N) is 1. The maximum Gasteiger partial charge on any atom is 0.416 e. The van der Waals surface area contributed by atoms with E-state index in [1.807, 2.05) is 22.5 Å². The molecular formula is C23H19F3N2OS. The molecule has 0 radical (unpaired) electrons. The predicted octanol–water partition coefficient (Wildman–Crippen LogP) is 5.83. The average molecular weight is 428 g/mol. The van der Waals surface area contributed by atoms with Gasteiger partial charge in [-0.1, -0.05) is 49.2 Å². The van der Waals surface area contributed by atoms with Crippen molar-refractivity contribution in [3.8, 4) is 11.1 Å². The summed E-state index contributed by atoms with van der Waals surface area (Å²) in [5.41, 5.74) is 3.85. The third-order valence-electron chi connectivity index (χ3n) is 5.15. The number of thiol groups is 1. The number of anilines is 1. The van der Waals surface area contributed by atoms with Crippen molar-refractivity contribution >= 4 is 24.4 Å². The van der Waals surface area contributed by atoms with E-state index in [9.17, 15) is 18.0 Å². The molecule has 0 fully saturated rings. The van der Waals surface area contributed by atoms with E-state index < -0.39 is 11.7 Å². The molecule has 7 heteroatoms. The lowest BCUT2D eigenvalue weighted by molar-refractivity contribution is -0.137. The van der Waals surface area contributed by atoms with Gasteiger partial charge in [0.05, 0.1) is 5.56 Å². The quantitative estimate of drug-likeness (QED) is 0.515. The van der Waals surface area contributed by atoms with Crippen LogP contribution in [-0.2, 0) is 19.1 Å². The highest BCUT2D eigenvalue weighted by molar-refractivity contribution is 7.77. The Balaban J connectivity index is 1.59. The zero-order valence-electron chi connectivity index (χ0n) is 15.9. The number of halogens is 3. The zero-order chi connectivity index (χ0) is 21.3. The Kier molecular flexibility index (Phi) is 5.58. The molecule has 0 unspecified atom stereocenters. The molecule has 154 valence electrons. The lowest BCUT2D eigenvalue weighted by Crippen LogP contribution is -2.22. The minimum Gasteiger partial charge on any atom is -0.322 e. The Morgan fingerprint density at radius 2 is 1.70 bits per heavy atom. The highest BCUT2D eigenvalue weighted by atomic mass is 32.1. The van der Waals surface area contributed by atoms with Gasteiger partial charge in [0.1, 0.15) is 0 Å². The summed E-state index contributed by atoms with van der Waals surface area (Å²) in [5.74, 6) is -0.308. The fourth-order valence-electron chi connectivity index (χ4n) is 3.59. The topological polar surface area (TPSA) is 32.3 Å². The van der Waals surface area contributed by atoms with Crippen LogP contribution in [0.4, 0.5) is 18.9 Å². The maximum atomic E-state index is 12.9. The van der Waals surface area contributed by atoms with Gasteiger partial charge in [-0.2, -0.15) is 13.2 Å². The van der Waals surface area contributed by atoms with Gasteiger partial charge in [-0.25, -0.2) is 4.31 Å². The summed E-state index contributed by atoms with van der Waals surface area (Å²) in [7, 11) is 0. The number of hydrogen-bond acceptors (Lipinski definition) is 3. The number of carbonyl (C=O) groups excluding carboxylic acids is 1.